The molecule has 190 valence electrons. The van der Waals surface area contributed by atoms with E-state index < -0.39 is 34.8 Å². The number of fused-ring (bicyclic) bond motifs is 3. The molecule has 34 heavy (non-hydrogen) atoms. The molecule has 0 bridgehead atoms. The van der Waals surface area contributed by atoms with Gasteiger partial charge in [-0.3, -0.25) is 4.79 Å². The Labute approximate surface area is 205 Å². The van der Waals surface area contributed by atoms with Crippen molar-refractivity contribution in [3.8, 4) is 0 Å². The first-order valence-corrected chi connectivity index (χ1v) is 13.5. The van der Waals surface area contributed by atoms with Gasteiger partial charge in [0.15, 0.2) is 0 Å². The van der Waals surface area contributed by atoms with Crippen LogP contribution in [0.25, 0.3) is 0 Å². The van der Waals surface area contributed by atoms with Gasteiger partial charge in [-0.2, -0.15) is 0 Å². The average molecular weight is 473 g/mol. The molecule has 1 saturated heterocycles. The molecule has 2 N–H and O–H groups in total. The van der Waals surface area contributed by atoms with Crippen LogP contribution in [-0.4, -0.2) is 45.7 Å². The maximum Gasteiger partial charge on any atom is 0.303 e. The van der Waals surface area contributed by atoms with Gasteiger partial charge < -0.3 is 19.7 Å². The normalized spacial score (nSPS) is 50.1. The molecule has 3 saturated carbocycles. The lowest BCUT2D eigenvalue weighted by Gasteiger charge is -2.60. The maximum atomic E-state index is 12.1. The Morgan fingerprint density at radius 3 is 2.65 bits per heavy atom. The van der Waals surface area contributed by atoms with Gasteiger partial charge >= 0.3 is 5.97 Å². The summed E-state index contributed by atoms with van der Waals surface area (Å²) in [6, 6.07) is 0. The van der Waals surface area contributed by atoms with Crippen LogP contribution in [0.15, 0.2) is 23.8 Å². The van der Waals surface area contributed by atoms with E-state index in [9.17, 15) is 15.0 Å². The molecule has 5 aliphatic rings. The summed E-state index contributed by atoms with van der Waals surface area (Å²) in [5.74, 6) is 1.73. The first-order valence-electron chi connectivity index (χ1n) is 13.5. The number of epoxide rings is 1. The van der Waals surface area contributed by atoms with Gasteiger partial charge in [-0.05, 0) is 79.3 Å². The summed E-state index contributed by atoms with van der Waals surface area (Å²) in [6.07, 6.45) is 11.5. The number of esters is 1. The van der Waals surface area contributed by atoms with Gasteiger partial charge in [-0.25, -0.2) is 0 Å². The number of allylic oxidation sites excluding steroid dienone is 2. The van der Waals surface area contributed by atoms with E-state index in [4.69, 9.17) is 9.47 Å². The third kappa shape index (κ3) is 3.18. The summed E-state index contributed by atoms with van der Waals surface area (Å²) in [7, 11) is 0. The fourth-order valence-electron chi connectivity index (χ4n) is 8.87. The van der Waals surface area contributed by atoms with Crippen LogP contribution in [-0.2, 0) is 14.3 Å². The summed E-state index contributed by atoms with van der Waals surface area (Å²) in [6.45, 7) is 12.9. The lowest BCUT2D eigenvalue weighted by atomic mass is 9.45. The summed E-state index contributed by atoms with van der Waals surface area (Å²) in [5, 5.41) is 22.6. The third-order valence-electron chi connectivity index (χ3n) is 10.6. The molecule has 5 heteroatoms. The van der Waals surface area contributed by atoms with E-state index in [2.05, 4.69) is 46.8 Å². The van der Waals surface area contributed by atoms with Gasteiger partial charge in [0, 0.05) is 18.8 Å². The van der Waals surface area contributed by atoms with E-state index in [1.807, 2.05) is 6.08 Å². The van der Waals surface area contributed by atoms with Crippen LogP contribution in [0.2, 0.25) is 0 Å². The zero-order valence-electron chi connectivity index (χ0n) is 21.8. The number of hydrogen-bond acceptors (Lipinski definition) is 5. The van der Waals surface area contributed by atoms with Crippen molar-refractivity contribution >= 4 is 5.97 Å². The largest absolute Gasteiger partial charge is 0.455 e. The van der Waals surface area contributed by atoms with Crippen molar-refractivity contribution < 1.29 is 24.5 Å². The fourth-order valence-corrected chi connectivity index (χ4v) is 8.87. The first kappa shape index (κ1) is 24.5. The van der Waals surface area contributed by atoms with E-state index >= 15 is 0 Å². The fraction of sp³-hybridized carbons (Fsp3) is 0.828. The zero-order chi connectivity index (χ0) is 24.7. The van der Waals surface area contributed by atoms with Crippen molar-refractivity contribution in [1.82, 2.24) is 0 Å². The molecule has 0 aromatic carbocycles. The highest BCUT2D eigenvalue weighted by molar-refractivity contribution is 5.67. The van der Waals surface area contributed by atoms with Crippen molar-refractivity contribution in [1.29, 1.82) is 0 Å². The average Bonchev–Trinajstić information content (AvgIpc) is 3.35. The Balaban J connectivity index is 1.53. The van der Waals surface area contributed by atoms with E-state index in [0.29, 0.717) is 36.5 Å². The molecule has 0 radical (unpaired) electrons. The first-order chi connectivity index (χ1) is 15.9. The standard InChI is InChI=1S/C29H44O5/c1-17(2)8-7-9-18(3)21-10-11-22-23-14-24(33-19(4)30)28(32)15-20(31)12-13-27(28,6)29(23)25(34-29)16-26(21,22)5/h7,9,14,17-18,20-22,24-25,31-32H,8,10-13,15-16H2,1-6H3/b9-7+/t18-,20+,21-,22+,24+,25-,26-,27+,28+,29+/m1/s1. The number of carbonyl (C=O) groups excluding carboxylic acids is 1. The Morgan fingerprint density at radius 2 is 1.97 bits per heavy atom. The van der Waals surface area contributed by atoms with Gasteiger partial charge in [-0.1, -0.05) is 46.8 Å². The second-order valence-electron chi connectivity index (χ2n) is 13.0. The Morgan fingerprint density at radius 1 is 1.24 bits per heavy atom. The molecule has 10 atom stereocenters. The van der Waals surface area contributed by atoms with Crippen LogP contribution in [0.4, 0.5) is 0 Å². The highest BCUT2D eigenvalue weighted by Crippen LogP contribution is 2.76. The quantitative estimate of drug-likeness (QED) is 0.336. The monoisotopic (exact) mass is 472 g/mol. The smallest absolute Gasteiger partial charge is 0.303 e. The summed E-state index contributed by atoms with van der Waals surface area (Å²) in [4.78, 5) is 12.1. The zero-order valence-corrected chi connectivity index (χ0v) is 21.8. The summed E-state index contributed by atoms with van der Waals surface area (Å²) >= 11 is 0. The van der Waals surface area contributed by atoms with Gasteiger partial charge in [-0.15, -0.1) is 0 Å². The number of rotatable bonds is 5. The number of hydrogen-bond donors (Lipinski definition) is 2. The molecular formula is C29H44O5. The Hall–Kier alpha value is -1.17. The maximum absolute atomic E-state index is 12.1. The SMILES string of the molecule is CC(=O)O[C@H]1C=C2[C@@H]3CC[C@H]([C@H](C)/C=C/CC(C)C)[C@@]3(C)C[C@H]3O[C@@]23[C@@]2(C)CC[C@H](O)C[C@]12O. The highest BCUT2D eigenvalue weighted by atomic mass is 16.6. The van der Waals surface area contributed by atoms with Crippen LogP contribution in [0.1, 0.15) is 86.5 Å². The number of aliphatic hydroxyl groups excluding tert-OH is 1. The van der Waals surface area contributed by atoms with E-state index in [0.717, 1.165) is 19.3 Å². The lowest BCUT2D eigenvalue weighted by Crippen LogP contribution is -2.70. The Bertz CT molecular complexity index is 908. The summed E-state index contributed by atoms with van der Waals surface area (Å²) in [5.41, 5.74) is -1.02. The van der Waals surface area contributed by atoms with Gasteiger partial charge in [0.1, 0.15) is 17.3 Å². The molecular weight excluding hydrogens is 428 g/mol. The lowest BCUT2D eigenvalue weighted by molar-refractivity contribution is -0.221. The molecule has 0 aromatic heterocycles. The molecule has 0 aromatic rings. The molecule has 0 amide bonds. The van der Waals surface area contributed by atoms with Crippen molar-refractivity contribution in [2.24, 2.45) is 34.5 Å². The molecule has 4 fully saturated rings. The van der Waals surface area contributed by atoms with Crippen LogP contribution in [0, 0.1) is 34.5 Å². The molecule has 1 spiro atoms. The molecule has 1 heterocycles. The molecule has 0 unspecified atom stereocenters. The van der Waals surface area contributed by atoms with Crippen molar-refractivity contribution in [3.63, 3.8) is 0 Å². The minimum atomic E-state index is -1.33. The summed E-state index contributed by atoms with van der Waals surface area (Å²) < 4.78 is 12.4. The van der Waals surface area contributed by atoms with Gasteiger partial charge in [0.2, 0.25) is 0 Å². The number of carbonyl (C=O) groups is 1. The van der Waals surface area contributed by atoms with Crippen molar-refractivity contribution in [3.05, 3.63) is 23.8 Å². The van der Waals surface area contributed by atoms with E-state index in [-0.39, 0.29) is 17.9 Å². The van der Waals surface area contributed by atoms with E-state index in [1.165, 1.54) is 18.9 Å². The molecule has 5 nitrogen and oxygen atoms in total. The highest BCUT2D eigenvalue weighted by Gasteiger charge is 2.82. The molecule has 1 aliphatic heterocycles. The van der Waals surface area contributed by atoms with Crippen molar-refractivity contribution in [2.75, 3.05) is 0 Å². The minimum Gasteiger partial charge on any atom is -0.455 e. The topological polar surface area (TPSA) is 79.3 Å². The third-order valence-corrected chi connectivity index (χ3v) is 10.6. The predicted molar refractivity (Wildman–Crippen MR) is 131 cm³/mol. The molecule has 4 aliphatic carbocycles. The number of aliphatic hydroxyl groups is 2. The van der Waals surface area contributed by atoms with Crippen LogP contribution in [0.5, 0.6) is 0 Å². The predicted octanol–water partition coefficient (Wildman–Crippen LogP) is 4.95. The minimum absolute atomic E-state index is 0.0810. The van der Waals surface area contributed by atoms with Crippen LogP contribution < -0.4 is 0 Å². The second-order valence-corrected chi connectivity index (χ2v) is 13.0. The van der Waals surface area contributed by atoms with Crippen LogP contribution >= 0.6 is 0 Å². The Kier molecular flexibility index (Phi) is 5.71. The number of ether oxygens (including phenoxy) is 2. The van der Waals surface area contributed by atoms with Crippen LogP contribution in [0.3, 0.4) is 0 Å². The van der Waals surface area contributed by atoms with Crippen molar-refractivity contribution in [2.45, 2.75) is 116 Å². The van der Waals surface area contributed by atoms with Gasteiger partial charge in [0.05, 0.1) is 12.2 Å². The van der Waals surface area contributed by atoms with Gasteiger partial charge in [0.25, 0.3) is 0 Å². The molecule has 5 rings (SSSR count). The second kappa shape index (κ2) is 7.91. The van der Waals surface area contributed by atoms with E-state index in [1.54, 1.807) is 0 Å².